The van der Waals surface area contributed by atoms with E-state index in [-0.39, 0.29) is 6.10 Å². The van der Waals surface area contributed by atoms with Gasteiger partial charge in [-0.15, -0.1) is 11.8 Å². The maximum Gasteiger partial charge on any atom is 0.253 e. The van der Waals surface area contributed by atoms with Crippen molar-refractivity contribution in [1.29, 1.82) is 0 Å². The van der Waals surface area contributed by atoms with Crippen LogP contribution < -0.4 is 4.74 Å². The molecule has 0 aliphatic heterocycles. The Labute approximate surface area is 278 Å². The number of rotatable bonds is 17. The first kappa shape index (κ1) is 34.6. The lowest BCUT2D eigenvalue weighted by Crippen LogP contribution is -2.52. The van der Waals surface area contributed by atoms with E-state index in [9.17, 15) is 25.2 Å². The second-order valence-electron chi connectivity index (χ2n) is 11.9. The average molecular weight is 673 g/mol. The van der Waals surface area contributed by atoms with Crippen LogP contribution in [0.5, 0.6) is 5.75 Å². The first-order valence-corrected chi connectivity index (χ1v) is 16.8. The van der Waals surface area contributed by atoms with Gasteiger partial charge in [-0.2, -0.15) is 0 Å². The molecular weight excluding hydrogens is 632 g/mol. The van der Waals surface area contributed by atoms with Crippen molar-refractivity contribution in [1.82, 2.24) is 9.88 Å². The van der Waals surface area contributed by atoms with E-state index >= 15 is 0 Å². The first-order valence-electron chi connectivity index (χ1n) is 15.5. The summed E-state index contributed by atoms with van der Waals surface area (Å²) in [4.78, 5) is 19.2. The van der Waals surface area contributed by atoms with Crippen LogP contribution in [0.3, 0.4) is 0 Å². The van der Waals surface area contributed by atoms with Crippen LogP contribution in [0.2, 0.25) is 5.02 Å². The number of thioether (sulfide) groups is 1. The molecule has 5 rings (SSSR count). The zero-order chi connectivity index (χ0) is 32.8. The van der Waals surface area contributed by atoms with Crippen LogP contribution in [0.25, 0.3) is 11.1 Å². The normalized spacial score (nSPS) is 18.0. The summed E-state index contributed by atoms with van der Waals surface area (Å²) in [6, 6.07) is 15.9. The number of likely N-dealkylation sites (N-methyl/N-ethyl adjacent to an activating group) is 1. The summed E-state index contributed by atoms with van der Waals surface area (Å²) in [5, 5.41) is 48.9. The van der Waals surface area contributed by atoms with E-state index in [4.69, 9.17) is 26.2 Å². The molecule has 4 unspecified atom stereocenters. The molecule has 3 aromatic rings. The van der Waals surface area contributed by atoms with Crippen molar-refractivity contribution >= 4 is 29.3 Å². The Balaban J connectivity index is 1.16. The summed E-state index contributed by atoms with van der Waals surface area (Å²) >= 11 is 8.18. The minimum absolute atomic E-state index is 0.286. The fourth-order valence-corrected chi connectivity index (χ4v) is 6.29. The van der Waals surface area contributed by atoms with Crippen molar-refractivity contribution in [3.8, 4) is 16.9 Å². The van der Waals surface area contributed by atoms with Gasteiger partial charge in [-0.25, -0.2) is 0 Å². The van der Waals surface area contributed by atoms with Gasteiger partial charge in [0.05, 0.1) is 24.9 Å². The Kier molecular flexibility index (Phi) is 11.6. The van der Waals surface area contributed by atoms with Gasteiger partial charge in [-0.1, -0.05) is 29.8 Å². The van der Waals surface area contributed by atoms with Crippen LogP contribution in [0, 0.1) is 0 Å². The second-order valence-corrected chi connectivity index (χ2v) is 13.5. The predicted octanol–water partition coefficient (Wildman–Crippen LogP) is 3.53. The third kappa shape index (κ3) is 8.39. The highest BCUT2D eigenvalue weighted by atomic mass is 35.5. The number of aliphatic hydroxyl groups is 5. The molecule has 5 N–H and O–H groups in total. The fourth-order valence-electron chi connectivity index (χ4n) is 5.22. The van der Waals surface area contributed by atoms with Crippen LogP contribution >= 0.6 is 23.4 Å². The highest BCUT2D eigenvalue weighted by Crippen LogP contribution is 2.53. The topological polar surface area (TPSA) is 153 Å². The number of carbonyl (C=O) groups excluding carboxylic acids is 1. The number of halogens is 1. The lowest BCUT2D eigenvalue weighted by atomic mass is 9.96. The fraction of sp³-hybridized carbons (Fsp3) is 0.471. The largest absolute Gasteiger partial charge is 0.490 e. The molecule has 0 saturated heterocycles. The van der Waals surface area contributed by atoms with Gasteiger partial charge in [0.25, 0.3) is 5.91 Å². The van der Waals surface area contributed by atoms with E-state index in [1.807, 2.05) is 48.7 Å². The van der Waals surface area contributed by atoms with Gasteiger partial charge in [0.2, 0.25) is 0 Å². The Hall–Kier alpha value is -2.74. The van der Waals surface area contributed by atoms with E-state index in [0.29, 0.717) is 30.3 Å². The third-order valence-corrected chi connectivity index (χ3v) is 9.77. The number of pyridine rings is 1. The summed E-state index contributed by atoms with van der Waals surface area (Å²) in [5.74, 6) is 0.745. The molecule has 1 heterocycles. The van der Waals surface area contributed by atoms with Crippen molar-refractivity contribution in [2.45, 2.75) is 79.7 Å². The predicted molar refractivity (Wildman–Crippen MR) is 175 cm³/mol. The quantitative estimate of drug-likeness (QED) is 0.106. The number of para-hydroxylation sites is 1. The Morgan fingerprint density at radius 2 is 1.85 bits per heavy atom. The molecule has 2 aliphatic rings. The smallest absolute Gasteiger partial charge is 0.253 e. The number of aliphatic hydroxyl groups excluding tert-OH is 5. The molecule has 2 fully saturated rings. The van der Waals surface area contributed by atoms with E-state index in [2.05, 4.69) is 11.1 Å². The zero-order valence-corrected chi connectivity index (χ0v) is 27.2. The van der Waals surface area contributed by atoms with Crippen molar-refractivity contribution in [2.75, 3.05) is 26.0 Å². The Morgan fingerprint density at radius 1 is 1.09 bits per heavy atom. The summed E-state index contributed by atoms with van der Waals surface area (Å²) in [6.07, 6.45) is 1.09. The molecule has 2 aromatic carbocycles. The molecule has 2 saturated carbocycles. The molecule has 2 aliphatic carbocycles. The third-order valence-electron chi connectivity index (χ3n) is 8.32. The minimum atomic E-state index is -1.93. The van der Waals surface area contributed by atoms with E-state index in [1.54, 1.807) is 18.0 Å². The summed E-state index contributed by atoms with van der Waals surface area (Å²) < 4.78 is 12.8. The molecule has 4 atom stereocenters. The van der Waals surface area contributed by atoms with Gasteiger partial charge in [0, 0.05) is 47.0 Å². The standard InChI is InChI=1S/C34H41ClN2O8S/c1-37(33(43)32(42)31(41)30(40)28(39)19-38)15-4-16-46-23-9-10-27(35)21(17-23)20-44-34(12-13-34)26-18-36-14-11-24(26)25-5-2-3-6-29(25)45-22-7-8-22/h2-3,5-6,9-11,14,17-18,22,28,30-32,38-42H,4,7-8,12-13,15-16,19-20H2,1H3. The van der Waals surface area contributed by atoms with Gasteiger partial charge in [0.1, 0.15) is 24.1 Å². The number of amides is 1. The molecule has 12 heteroatoms. The lowest BCUT2D eigenvalue weighted by Gasteiger charge is -2.28. The average Bonchev–Trinajstić information content (AvgIpc) is 4.02. The van der Waals surface area contributed by atoms with Crippen LogP contribution in [-0.4, -0.2) is 97.8 Å². The maximum atomic E-state index is 12.5. The molecular formula is C34H41ClN2O8S. The second kappa shape index (κ2) is 15.4. The van der Waals surface area contributed by atoms with Crippen LogP contribution in [0.1, 0.15) is 43.2 Å². The van der Waals surface area contributed by atoms with Gasteiger partial charge < -0.3 is 39.9 Å². The molecule has 1 aromatic heterocycles. The highest BCUT2D eigenvalue weighted by molar-refractivity contribution is 7.99. The Bertz CT molecular complexity index is 1490. The Morgan fingerprint density at radius 3 is 2.57 bits per heavy atom. The van der Waals surface area contributed by atoms with Gasteiger partial charge in [-0.05, 0) is 79.3 Å². The van der Waals surface area contributed by atoms with Crippen molar-refractivity contribution in [3.05, 3.63) is 77.1 Å². The number of nitrogens with zero attached hydrogens (tertiary/aromatic N) is 2. The van der Waals surface area contributed by atoms with Crippen molar-refractivity contribution < 1.29 is 39.8 Å². The van der Waals surface area contributed by atoms with Crippen LogP contribution in [0.4, 0.5) is 0 Å². The molecule has 0 bridgehead atoms. The SMILES string of the molecule is CN(CCCSc1ccc(Cl)c(COC2(c3cnccc3-c3ccccc3OC3CC3)CC2)c1)C(=O)C(O)C(O)C(O)C(O)CO. The van der Waals surface area contributed by atoms with Crippen LogP contribution in [0.15, 0.2) is 65.8 Å². The maximum absolute atomic E-state index is 12.5. The van der Waals surface area contributed by atoms with Crippen molar-refractivity contribution in [2.24, 2.45) is 0 Å². The van der Waals surface area contributed by atoms with Crippen LogP contribution in [-0.2, 0) is 21.7 Å². The van der Waals surface area contributed by atoms with Gasteiger partial charge >= 0.3 is 0 Å². The molecule has 248 valence electrons. The number of aromatic nitrogens is 1. The summed E-state index contributed by atoms with van der Waals surface area (Å²) in [5.41, 5.74) is 3.55. The molecule has 46 heavy (non-hydrogen) atoms. The first-order chi connectivity index (χ1) is 22.1. The molecule has 10 nitrogen and oxygen atoms in total. The monoisotopic (exact) mass is 672 g/mol. The number of benzene rings is 2. The number of carbonyl (C=O) groups is 1. The zero-order valence-electron chi connectivity index (χ0n) is 25.7. The van der Waals surface area contributed by atoms with Crippen molar-refractivity contribution in [3.63, 3.8) is 0 Å². The van der Waals surface area contributed by atoms with E-state index in [0.717, 1.165) is 58.6 Å². The lowest BCUT2D eigenvalue weighted by molar-refractivity contribution is -0.157. The molecule has 0 radical (unpaired) electrons. The molecule has 0 spiro atoms. The molecule has 1 amide bonds. The number of ether oxygens (including phenoxy) is 2. The van der Waals surface area contributed by atoms with E-state index in [1.165, 1.54) is 11.9 Å². The van der Waals surface area contributed by atoms with Gasteiger partial charge in [-0.3, -0.25) is 9.78 Å². The summed E-state index contributed by atoms with van der Waals surface area (Å²) in [6.45, 7) is -0.194. The van der Waals surface area contributed by atoms with Gasteiger partial charge in [0.15, 0.2) is 6.10 Å². The number of hydrogen-bond donors (Lipinski definition) is 5. The van der Waals surface area contributed by atoms with E-state index < -0.39 is 42.5 Å². The number of hydrogen-bond acceptors (Lipinski definition) is 10. The highest BCUT2D eigenvalue weighted by Gasteiger charge is 2.48. The summed E-state index contributed by atoms with van der Waals surface area (Å²) in [7, 11) is 1.48. The minimum Gasteiger partial charge on any atom is -0.490 e.